The Kier molecular flexibility index (Phi) is 2.35. The van der Waals surface area contributed by atoms with Crippen molar-refractivity contribution in [2.24, 2.45) is 0 Å². The Balaban J connectivity index is 2.46. The fourth-order valence-electron chi connectivity index (χ4n) is 1.15. The Hall–Kier alpha value is -2.31. The van der Waals surface area contributed by atoms with Crippen LogP contribution in [0.5, 0.6) is 0 Å². The number of nitrogens with zero attached hydrogens (tertiary/aromatic N) is 3. The van der Waals surface area contributed by atoms with Crippen molar-refractivity contribution in [1.82, 2.24) is 14.5 Å². The molecule has 82 valence electrons. The number of carboxylic acid groups (broad SMARTS) is 1. The minimum atomic E-state index is -1.23. The normalized spacial score (nSPS) is 10.4. The minimum absolute atomic E-state index is 0.207. The second-order valence-electron chi connectivity index (χ2n) is 2.93. The summed E-state index contributed by atoms with van der Waals surface area (Å²) in [5, 5.41) is 8.61. The van der Waals surface area contributed by atoms with Crippen molar-refractivity contribution in [2.45, 2.75) is 0 Å². The van der Waals surface area contributed by atoms with E-state index in [1.54, 1.807) is 0 Å². The summed E-state index contributed by atoms with van der Waals surface area (Å²) in [6.45, 7) is 0. The zero-order valence-electron chi connectivity index (χ0n) is 7.76. The molecule has 2 heterocycles. The quantitative estimate of drug-likeness (QED) is 0.834. The van der Waals surface area contributed by atoms with Gasteiger partial charge in [-0.2, -0.15) is 0 Å². The standard InChI is InChI=1S/C9H5F2N3O2/c10-5-1-6(11)8(12-2-5)14-3-7(9(15)16)13-4-14/h1-4H,(H,15,16). The Morgan fingerprint density at radius 2 is 2.12 bits per heavy atom. The Labute approximate surface area is 88.0 Å². The SMILES string of the molecule is O=C(O)c1cn(-c2ncc(F)cc2F)cn1. The Morgan fingerprint density at radius 1 is 1.38 bits per heavy atom. The van der Waals surface area contributed by atoms with E-state index in [2.05, 4.69) is 9.97 Å². The van der Waals surface area contributed by atoms with Gasteiger partial charge in [-0.15, -0.1) is 0 Å². The second kappa shape index (κ2) is 3.69. The van der Waals surface area contributed by atoms with Gasteiger partial charge < -0.3 is 5.11 Å². The van der Waals surface area contributed by atoms with Crippen LogP contribution in [0.4, 0.5) is 8.78 Å². The summed E-state index contributed by atoms with van der Waals surface area (Å²) >= 11 is 0. The van der Waals surface area contributed by atoms with Crippen LogP contribution in [0.25, 0.3) is 5.82 Å². The molecule has 0 atom stereocenters. The maximum absolute atomic E-state index is 13.2. The van der Waals surface area contributed by atoms with Crippen LogP contribution in [0.15, 0.2) is 24.8 Å². The van der Waals surface area contributed by atoms with Crippen LogP contribution in [-0.2, 0) is 0 Å². The third-order valence-corrected chi connectivity index (χ3v) is 1.83. The number of carboxylic acids is 1. The summed E-state index contributed by atoms with van der Waals surface area (Å²) < 4.78 is 26.9. The summed E-state index contributed by atoms with van der Waals surface area (Å²) in [6.07, 6.45) is 3.01. The van der Waals surface area contributed by atoms with E-state index < -0.39 is 17.6 Å². The molecule has 2 aromatic heterocycles. The van der Waals surface area contributed by atoms with Gasteiger partial charge in [0.2, 0.25) is 0 Å². The number of hydrogen-bond acceptors (Lipinski definition) is 3. The average Bonchev–Trinajstić information content (AvgIpc) is 2.66. The van der Waals surface area contributed by atoms with Gasteiger partial charge in [0.25, 0.3) is 0 Å². The monoisotopic (exact) mass is 225 g/mol. The van der Waals surface area contributed by atoms with Crippen LogP contribution >= 0.6 is 0 Å². The number of halogens is 2. The molecule has 0 aliphatic heterocycles. The van der Waals surface area contributed by atoms with Crippen LogP contribution in [-0.4, -0.2) is 25.6 Å². The number of pyridine rings is 1. The van der Waals surface area contributed by atoms with Crippen molar-refractivity contribution in [2.75, 3.05) is 0 Å². The minimum Gasteiger partial charge on any atom is -0.476 e. The van der Waals surface area contributed by atoms with Crippen molar-refractivity contribution < 1.29 is 18.7 Å². The van der Waals surface area contributed by atoms with E-state index in [1.165, 1.54) is 0 Å². The molecule has 5 nitrogen and oxygen atoms in total. The number of carbonyl (C=O) groups is 1. The van der Waals surface area contributed by atoms with Crippen LogP contribution in [0.2, 0.25) is 0 Å². The van der Waals surface area contributed by atoms with E-state index in [0.717, 1.165) is 23.3 Å². The summed E-state index contributed by atoms with van der Waals surface area (Å²) in [7, 11) is 0. The number of hydrogen-bond donors (Lipinski definition) is 1. The van der Waals surface area contributed by atoms with E-state index in [1.807, 2.05) is 0 Å². The van der Waals surface area contributed by atoms with Crippen molar-refractivity contribution >= 4 is 5.97 Å². The first kappa shape index (κ1) is 10.2. The molecule has 0 spiro atoms. The smallest absolute Gasteiger partial charge is 0.356 e. The van der Waals surface area contributed by atoms with Crippen molar-refractivity contribution in [3.8, 4) is 5.82 Å². The van der Waals surface area contributed by atoms with Crippen LogP contribution in [0.1, 0.15) is 10.5 Å². The maximum Gasteiger partial charge on any atom is 0.356 e. The lowest BCUT2D eigenvalue weighted by Crippen LogP contribution is -2.00. The predicted octanol–water partition coefficient (Wildman–Crippen LogP) is 1.24. The molecule has 7 heteroatoms. The lowest BCUT2D eigenvalue weighted by Gasteiger charge is -2.01. The van der Waals surface area contributed by atoms with E-state index >= 15 is 0 Å². The van der Waals surface area contributed by atoms with Crippen molar-refractivity contribution in [3.63, 3.8) is 0 Å². The summed E-state index contributed by atoms with van der Waals surface area (Å²) in [5.41, 5.74) is -0.245. The lowest BCUT2D eigenvalue weighted by atomic mass is 10.4. The third-order valence-electron chi connectivity index (χ3n) is 1.83. The van der Waals surface area contributed by atoms with E-state index in [9.17, 15) is 13.6 Å². The van der Waals surface area contributed by atoms with Gasteiger partial charge in [-0.1, -0.05) is 0 Å². The van der Waals surface area contributed by atoms with Crippen molar-refractivity contribution in [1.29, 1.82) is 0 Å². The molecule has 16 heavy (non-hydrogen) atoms. The van der Waals surface area contributed by atoms with Gasteiger partial charge in [-0.05, 0) is 0 Å². The van der Waals surface area contributed by atoms with Crippen LogP contribution < -0.4 is 0 Å². The zero-order valence-corrected chi connectivity index (χ0v) is 7.76. The molecule has 0 aliphatic rings. The topological polar surface area (TPSA) is 68.0 Å². The average molecular weight is 225 g/mol. The van der Waals surface area contributed by atoms with Gasteiger partial charge >= 0.3 is 5.97 Å². The van der Waals surface area contributed by atoms with Gasteiger partial charge in [-0.3, -0.25) is 4.57 Å². The number of rotatable bonds is 2. The second-order valence-corrected chi connectivity index (χ2v) is 2.93. The number of aromatic carboxylic acids is 1. The predicted molar refractivity (Wildman–Crippen MR) is 48.2 cm³/mol. The highest BCUT2D eigenvalue weighted by Crippen LogP contribution is 2.11. The molecular weight excluding hydrogens is 220 g/mol. The molecule has 0 saturated carbocycles. The molecule has 2 rings (SSSR count). The van der Waals surface area contributed by atoms with Crippen LogP contribution in [0, 0.1) is 11.6 Å². The van der Waals surface area contributed by atoms with Gasteiger partial charge in [0.1, 0.15) is 12.1 Å². The van der Waals surface area contributed by atoms with Crippen molar-refractivity contribution in [3.05, 3.63) is 42.1 Å². The highest BCUT2D eigenvalue weighted by atomic mass is 19.1. The van der Waals surface area contributed by atoms with Gasteiger partial charge in [0.15, 0.2) is 17.3 Å². The molecule has 0 bridgehead atoms. The molecule has 0 radical (unpaired) electrons. The number of aromatic nitrogens is 3. The number of imidazole rings is 1. The molecule has 0 aliphatic carbocycles. The Bertz CT molecular complexity index is 553. The molecular formula is C9H5F2N3O2. The molecule has 2 aromatic rings. The summed E-state index contributed by atoms with van der Waals surface area (Å²) in [6, 6.07) is 0.656. The Morgan fingerprint density at radius 3 is 2.69 bits per heavy atom. The van der Waals surface area contributed by atoms with Gasteiger partial charge in [0, 0.05) is 12.3 Å². The highest BCUT2D eigenvalue weighted by Gasteiger charge is 2.11. The molecule has 0 unspecified atom stereocenters. The first-order chi connectivity index (χ1) is 7.58. The lowest BCUT2D eigenvalue weighted by molar-refractivity contribution is 0.0691. The first-order valence-electron chi connectivity index (χ1n) is 4.16. The molecule has 0 fully saturated rings. The van der Waals surface area contributed by atoms with E-state index in [-0.39, 0.29) is 11.5 Å². The van der Waals surface area contributed by atoms with Gasteiger partial charge in [-0.25, -0.2) is 23.5 Å². The fourth-order valence-corrected chi connectivity index (χ4v) is 1.15. The van der Waals surface area contributed by atoms with E-state index in [0.29, 0.717) is 6.07 Å². The highest BCUT2D eigenvalue weighted by molar-refractivity contribution is 5.85. The molecule has 0 saturated heterocycles. The zero-order chi connectivity index (χ0) is 11.7. The van der Waals surface area contributed by atoms with Gasteiger partial charge in [0.05, 0.1) is 6.20 Å². The molecule has 0 aromatic carbocycles. The summed E-state index contributed by atoms with van der Waals surface area (Å²) in [4.78, 5) is 17.6. The molecule has 0 amide bonds. The van der Waals surface area contributed by atoms with E-state index in [4.69, 9.17) is 5.11 Å². The first-order valence-corrected chi connectivity index (χ1v) is 4.16. The maximum atomic E-state index is 13.2. The fraction of sp³-hybridized carbons (Fsp3) is 0. The molecule has 1 N–H and O–H groups in total. The van der Waals surface area contributed by atoms with Crippen LogP contribution in [0.3, 0.4) is 0 Å². The third kappa shape index (κ3) is 1.74. The largest absolute Gasteiger partial charge is 0.476 e. The summed E-state index contributed by atoms with van der Waals surface area (Å²) in [5.74, 6) is -3.14.